The molecule has 0 unspecified atom stereocenters. The van der Waals surface area contributed by atoms with Gasteiger partial charge in [-0.25, -0.2) is 4.39 Å². The third kappa shape index (κ3) is 5.46. The monoisotopic (exact) mass is 473 g/mol. The molecule has 0 radical (unpaired) electrons. The first kappa shape index (κ1) is 23.3. The fourth-order valence-corrected chi connectivity index (χ4v) is 3.43. The van der Waals surface area contributed by atoms with Crippen LogP contribution in [0.1, 0.15) is 15.9 Å². The summed E-state index contributed by atoms with van der Waals surface area (Å²) in [4.78, 5) is 12.4. The Balaban J connectivity index is 1.69. The highest BCUT2D eigenvalue weighted by atomic mass is 35.5. The third-order valence-corrected chi connectivity index (χ3v) is 5.07. The summed E-state index contributed by atoms with van der Waals surface area (Å²) in [5.41, 5.74) is 2.58. The van der Waals surface area contributed by atoms with Gasteiger partial charge < -0.3 is 25.4 Å². The van der Waals surface area contributed by atoms with E-state index < -0.39 is 11.7 Å². The van der Waals surface area contributed by atoms with Crippen molar-refractivity contribution in [2.45, 2.75) is 6.92 Å². The van der Waals surface area contributed by atoms with Gasteiger partial charge in [0, 0.05) is 17.4 Å². The van der Waals surface area contributed by atoms with Crippen LogP contribution in [0.25, 0.3) is 0 Å². The molecule has 0 saturated heterocycles. The average Bonchev–Trinajstić information content (AvgIpc) is 2.76. The van der Waals surface area contributed by atoms with Crippen LogP contribution in [0.3, 0.4) is 0 Å². The van der Waals surface area contributed by atoms with Gasteiger partial charge in [-0.15, -0.1) is 0 Å². The number of thiocarbonyl (C=S) groups is 1. The molecule has 0 aliphatic carbocycles. The van der Waals surface area contributed by atoms with Gasteiger partial charge in [0.25, 0.3) is 5.91 Å². The lowest BCUT2D eigenvalue weighted by Gasteiger charge is -2.16. The van der Waals surface area contributed by atoms with Gasteiger partial charge in [0.2, 0.25) is 0 Å². The molecule has 0 aliphatic heterocycles. The van der Waals surface area contributed by atoms with Gasteiger partial charge in [-0.3, -0.25) is 4.79 Å². The molecule has 3 aromatic rings. The van der Waals surface area contributed by atoms with Crippen molar-refractivity contribution in [2.24, 2.45) is 0 Å². The molecular weight excluding hydrogens is 453 g/mol. The summed E-state index contributed by atoms with van der Waals surface area (Å²) >= 11 is 11.6. The summed E-state index contributed by atoms with van der Waals surface area (Å²) in [7, 11) is 3.05. The molecular formula is C23H21ClFN3O3S. The van der Waals surface area contributed by atoms with E-state index in [0.29, 0.717) is 38.7 Å². The Kier molecular flexibility index (Phi) is 7.50. The van der Waals surface area contributed by atoms with Crippen LogP contribution in [0, 0.1) is 12.7 Å². The number of benzene rings is 3. The Morgan fingerprint density at radius 3 is 2.31 bits per heavy atom. The summed E-state index contributed by atoms with van der Waals surface area (Å²) in [6.45, 7) is 1.82. The van der Waals surface area contributed by atoms with Gasteiger partial charge in [-0.1, -0.05) is 23.7 Å². The van der Waals surface area contributed by atoms with Crippen molar-refractivity contribution in [1.82, 2.24) is 0 Å². The van der Waals surface area contributed by atoms with Crippen LogP contribution in [0.4, 0.5) is 21.5 Å². The van der Waals surface area contributed by atoms with Crippen molar-refractivity contribution in [3.05, 3.63) is 76.6 Å². The number of nitrogens with one attached hydrogen (secondary N) is 3. The molecule has 3 rings (SSSR count). The maximum atomic E-state index is 13.8. The lowest BCUT2D eigenvalue weighted by atomic mass is 10.1. The highest BCUT2D eigenvalue weighted by Gasteiger charge is 2.14. The molecule has 1 amide bonds. The number of aryl methyl sites for hydroxylation is 1. The minimum absolute atomic E-state index is 0.0217. The van der Waals surface area contributed by atoms with Crippen LogP contribution in [0.2, 0.25) is 5.02 Å². The van der Waals surface area contributed by atoms with Crippen molar-refractivity contribution in [3.63, 3.8) is 0 Å². The van der Waals surface area contributed by atoms with Crippen molar-refractivity contribution >= 4 is 51.9 Å². The molecule has 0 bridgehead atoms. The van der Waals surface area contributed by atoms with Gasteiger partial charge in [0.1, 0.15) is 17.3 Å². The predicted octanol–water partition coefficient (Wildman–Crippen LogP) is 5.87. The fraction of sp³-hybridized carbons (Fsp3) is 0.130. The van der Waals surface area contributed by atoms with E-state index in [0.717, 1.165) is 5.56 Å². The van der Waals surface area contributed by atoms with Crippen molar-refractivity contribution in [3.8, 4) is 11.5 Å². The Bertz CT molecular complexity index is 1170. The Hall–Kier alpha value is -3.36. The second kappa shape index (κ2) is 10.3. The maximum Gasteiger partial charge on any atom is 0.258 e. The maximum absolute atomic E-state index is 13.8. The van der Waals surface area contributed by atoms with Crippen molar-refractivity contribution < 1.29 is 18.7 Å². The summed E-state index contributed by atoms with van der Waals surface area (Å²) in [5.74, 6) is -0.103. The first-order valence-corrected chi connectivity index (χ1v) is 10.3. The summed E-state index contributed by atoms with van der Waals surface area (Å²) in [6.07, 6.45) is 0. The van der Waals surface area contributed by atoms with E-state index in [1.165, 1.54) is 32.4 Å². The topological polar surface area (TPSA) is 71.6 Å². The van der Waals surface area contributed by atoms with Crippen molar-refractivity contribution in [1.29, 1.82) is 0 Å². The molecule has 166 valence electrons. The SMILES string of the molecule is COc1cc(OC)c(NC(=S)Nc2ccc(NC(=O)c3ccccc3F)c(C)c2)cc1Cl. The molecule has 0 atom stereocenters. The van der Waals surface area contributed by atoms with E-state index in [2.05, 4.69) is 16.0 Å². The van der Waals surface area contributed by atoms with Crippen LogP contribution in [0.5, 0.6) is 11.5 Å². The molecule has 0 aromatic heterocycles. The number of ether oxygens (including phenoxy) is 2. The van der Waals surface area contributed by atoms with Crippen LogP contribution in [-0.4, -0.2) is 25.2 Å². The largest absolute Gasteiger partial charge is 0.495 e. The summed E-state index contributed by atoms with van der Waals surface area (Å²) in [6, 6.07) is 14.4. The number of anilines is 3. The molecule has 0 heterocycles. The van der Waals surface area contributed by atoms with E-state index in [-0.39, 0.29) is 5.56 Å². The van der Waals surface area contributed by atoms with Gasteiger partial charge in [-0.2, -0.15) is 0 Å². The van der Waals surface area contributed by atoms with E-state index in [9.17, 15) is 9.18 Å². The minimum atomic E-state index is -0.577. The zero-order valence-corrected chi connectivity index (χ0v) is 19.2. The lowest BCUT2D eigenvalue weighted by molar-refractivity contribution is 0.102. The molecule has 32 heavy (non-hydrogen) atoms. The molecule has 0 spiro atoms. The first-order valence-electron chi connectivity index (χ1n) is 9.48. The van der Waals surface area contributed by atoms with Gasteiger partial charge >= 0.3 is 0 Å². The van der Waals surface area contributed by atoms with E-state index >= 15 is 0 Å². The van der Waals surface area contributed by atoms with Crippen LogP contribution >= 0.6 is 23.8 Å². The number of rotatable bonds is 6. The fourth-order valence-electron chi connectivity index (χ4n) is 2.96. The summed E-state index contributed by atoms with van der Waals surface area (Å²) in [5, 5.41) is 9.55. The first-order chi connectivity index (χ1) is 15.3. The van der Waals surface area contributed by atoms with Gasteiger partial charge in [0.05, 0.1) is 30.5 Å². The number of hydrogen-bond acceptors (Lipinski definition) is 4. The second-order valence-corrected chi connectivity index (χ2v) is 7.55. The predicted molar refractivity (Wildman–Crippen MR) is 130 cm³/mol. The second-order valence-electron chi connectivity index (χ2n) is 6.73. The van der Waals surface area contributed by atoms with Crippen molar-refractivity contribution in [2.75, 3.05) is 30.2 Å². The Morgan fingerprint density at radius 2 is 1.66 bits per heavy atom. The molecule has 3 aromatic carbocycles. The van der Waals surface area contributed by atoms with E-state index in [1.807, 2.05) is 13.0 Å². The van der Waals surface area contributed by atoms with E-state index in [4.69, 9.17) is 33.3 Å². The van der Waals surface area contributed by atoms with Crippen LogP contribution in [-0.2, 0) is 0 Å². The van der Waals surface area contributed by atoms with Crippen LogP contribution in [0.15, 0.2) is 54.6 Å². The number of hydrogen-bond donors (Lipinski definition) is 3. The molecule has 0 aliphatic rings. The number of methoxy groups -OCH3 is 2. The number of halogens is 2. The van der Waals surface area contributed by atoms with Crippen LogP contribution < -0.4 is 25.4 Å². The number of carbonyl (C=O) groups excluding carboxylic acids is 1. The smallest absolute Gasteiger partial charge is 0.258 e. The minimum Gasteiger partial charge on any atom is -0.495 e. The number of carbonyl (C=O) groups is 1. The molecule has 9 heteroatoms. The average molecular weight is 474 g/mol. The molecule has 0 fully saturated rings. The third-order valence-electron chi connectivity index (χ3n) is 4.57. The lowest BCUT2D eigenvalue weighted by Crippen LogP contribution is -2.20. The van der Waals surface area contributed by atoms with Gasteiger partial charge in [0.15, 0.2) is 5.11 Å². The molecule has 0 saturated carbocycles. The molecule has 3 N–H and O–H groups in total. The summed E-state index contributed by atoms with van der Waals surface area (Å²) < 4.78 is 24.4. The highest BCUT2D eigenvalue weighted by molar-refractivity contribution is 7.80. The Morgan fingerprint density at radius 1 is 0.938 bits per heavy atom. The quantitative estimate of drug-likeness (QED) is 0.389. The highest BCUT2D eigenvalue weighted by Crippen LogP contribution is 2.36. The Labute approximate surface area is 195 Å². The standard InChI is InChI=1S/C23H21ClFN3O3S/c1-13-10-14(8-9-18(13)27-22(29)15-6-4-5-7-17(15)25)26-23(32)28-19-11-16(24)20(30-2)12-21(19)31-3/h4-12H,1-3H3,(H,27,29)(H2,26,28,32). The zero-order chi connectivity index (χ0) is 23.3. The number of amides is 1. The molecule has 6 nitrogen and oxygen atoms in total. The van der Waals surface area contributed by atoms with Gasteiger partial charge in [-0.05, 0) is 61.1 Å². The van der Waals surface area contributed by atoms with E-state index in [1.54, 1.807) is 30.3 Å². The zero-order valence-electron chi connectivity index (χ0n) is 17.6. The normalized spacial score (nSPS) is 10.3.